The highest BCUT2D eigenvalue weighted by Crippen LogP contribution is 2.24. The highest BCUT2D eigenvalue weighted by atomic mass is 16.5. The fourth-order valence-corrected chi connectivity index (χ4v) is 2.76. The van der Waals surface area contributed by atoms with Gasteiger partial charge in [-0.1, -0.05) is 0 Å². The average Bonchev–Trinajstić information content (AvgIpc) is 3.18. The second kappa shape index (κ2) is 5.81. The molecule has 0 amide bonds. The van der Waals surface area contributed by atoms with Crippen molar-refractivity contribution in [2.45, 2.75) is 38.0 Å². The monoisotopic (exact) mass is 275 g/mol. The third kappa shape index (κ3) is 2.64. The molecule has 1 saturated heterocycles. The fourth-order valence-electron chi connectivity index (χ4n) is 2.76. The fraction of sp³-hybridized carbons (Fsp3) is 0.533. The molecule has 5 heteroatoms. The maximum Gasteiger partial charge on any atom is 0.133 e. The summed E-state index contributed by atoms with van der Waals surface area (Å²) in [5.41, 5.74) is 0. The largest absolute Gasteiger partial charge is 0.467 e. The van der Waals surface area contributed by atoms with Gasteiger partial charge >= 0.3 is 0 Å². The minimum absolute atomic E-state index is 0.0517. The summed E-state index contributed by atoms with van der Waals surface area (Å²) in [7, 11) is 2.00. The van der Waals surface area contributed by atoms with Crippen molar-refractivity contribution in [2.75, 3.05) is 6.61 Å². The number of hydrogen-bond donors (Lipinski definition) is 1. The van der Waals surface area contributed by atoms with Gasteiger partial charge in [0, 0.05) is 32.1 Å². The van der Waals surface area contributed by atoms with Gasteiger partial charge in [-0.2, -0.15) is 0 Å². The quantitative estimate of drug-likeness (QED) is 0.909. The van der Waals surface area contributed by atoms with Gasteiger partial charge in [-0.15, -0.1) is 0 Å². The standard InChI is InChI=1S/C15H21N3O2/c1-11(12-5-3-9-19-12)17-14(13-6-4-10-20-13)15-16-7-8-18(15)2/h4,6-8,10-12,14,17H,3,5,9H2,1-2H3. The van der Waals surface area contributed by atoms with Crippen LogP contribution >= 0.6 is 0 Å². The summed E-state index contributed by atoms with van der Waals surface area (Å²) in [6.07, 6.45) is 7.98. The lowest BCUT2D eigenvalue weighted by molar-refractivity contribution is 0.0799. The molecule has 2 aromatic rings. The molecule has 1 aliphatic rings. The summed E-state index contributed by atoms with van der Waals surface area (Å²) in [5.74, 6) is 1.83. The van der Waals surface area contributed by atoms with E-state index in [-0.39, 0.29) is 18.2 Å². The van der Waals surface area contributed by atoms with Crippen LogP contribution in [0.15, 0.2) is 35.2 Å². The third-order valence-corrected chi connectivity index (χ3v) is 3.90. The van der Waals surface area contributed by atoms with Crippen molar-refractivity contribution < 1.29 is 9.15 Å². The number of hydrogen-bond acceptors (Lipinski definition) is 4. The summed E-state index contributed by atoms with van der Waals surface area (Å²) in [6, 6.07) is 4.09. The molecule has 0 aliphatic carbocycles. The van der Waals surface area contributed by atoms with Crippen molar-refractivity contribution in [3.63, 3.8) is 0 Å². The predicted octanol–water partition coefficient (Wildman–Crippen LogP) is 2.26. The predicted molar refractivity (Wildman–Crippen MR) is 75.3 cm³/mol. The Hall–Kier alpha value is -1.59. The molecular weight excluding hydrogens is 254 g/mol. The molecule has 2 aromatic heterocycles. The van der Waals surface area contributed by atoms with E-state index in [2.05, 4.69) is 17.2 Å². The van der Waals surface area contributed by atoms with Crippen LogP contribution in [0, 0.1) is 0 Å². The molecule has 5 nitrogen and oxygen atoms in total. The number of imidazole rings is 1. The van der Waals surface area contributed by atoms with E-state index >= 15 is 0 Å². The molecule has 1 N–H and O–H groups in total. The van der Waals surface area contributed by atoms with Gasteiger partial charge in [0.2, 0.25) is 0 Å². The van der Waals surface area contributed by atoms with Crippen LogP contribution in [0.5, 0.6) is 0 Å². The minimum atomic E-state index is -0.0517. The number of rotatable bonds is 5. The average molecular weight is 275 g/mol. The SMILES string of the molecule is CC(NC(c1ccco1)c1nccn1C)C1CCCO1. The Balaban J connectivity index is 1.81. The molecule has 0 spiro atoms. The van der Waals surface area contributed by atoms with Crippen molar-refractivity contribution in [3.05, 3.63) is 42.4 Å². The maximum atomic E-state index is 5.76. The van der Waals surface area contributed by atoms with E-state index < -0.39 is 0 Å². The van der Waals surface area contributed by atoms with Crippen molar-refractivity contribution >= 4 is 0 Å². The second-order valence-corrected chi connectivity index (χ2v) is 5.35. The van der Waals surface area contributed by atoms with Crippen LogP contribution in [0.4, 0.5) is 0 Å². The lowest BCUT2D eigenvalue weighted by atomic mass is 10.1. The van der Waals surface area contributed by atoms with Crippen LogP contribution in [0.25, 0.3) is 0 Å². The van der Waals surface area contributed by atoms with Crippen molar-refractivity contribution in [1.29, 1.82) is 0 Å². The molecule has 3 unspecified atom stereocenters. The Morgan fingerprint density at radius 1 is 1.50 bits per heavy atom. The van der Waals surface area contributed by atoms with Gasteiger partial charge in [-0.25, -0.2) is 4.98 Å². The van der Waals surface area contributed by atoms with Gasteiger partial charge in [0.25, 0.3) is 0 Å². The maximum absolute atomic E-state index is 5.76. The molecule has 0 aromatic carbocycles. The molecule has 3 atom stereocenters. The number of nitrogens with one attached hydrogen (secondary N) is 1. The topological polar surface area (TPSA) is 52.2 Å². The Kier molecular flexibility index (Phi) is 3.89. The van der Waals surface area contributed by atoms with Crippen LogP contribution in [-0.2, 0) is 11.8 Å². The molecule has 3 heterocycles. The molecule has 0 bridgehead atoms. The number of aromatic nitrogens is 2. The second-order valence-electron chi connectivity index (χ2n) is 5.35. The number of nitrogens with zero attached hydrogens (tertiary/aromatic N) is 2. The molecular formula is C15H21N3O2. The lowest BCUT2D eigenvalue weighted by Gasteiger charge is -2.25. The van der Waals surface area contributed by atoms with E-state index in [0.29, 0.717) is 0 Å². The van der Waals surface area contributed by atoms with E-state index in [1.807, 2.05) is 36.1 Å². The summed E-state index contributed by atoms with van der Waals surface area (Å²) in [4.78, 5) is 4.45. The van der Waals surface area contributed by atoms with Crippen molar-refractivity contribution in [1.82, 2.24) is 14.9 Å². The van der Waals surface area contributed by atoms with E-state index in [1.165, 1.54) is 0 Å². The van der Waals surface area contributed by atoms with Crippen LogP contribution in [0.3, 0.4) is 0 Å². The number of ether oxygens (including phenoxy) is 1. The van der Waals surface area contributed by atoms with E-state index in [4.69, 9.17) is 9.15 Å². The Bertz CT molecular complexity index is 529. The molecule has 3 rings (SSSR count). The summed E-state index contributed by atoms with van der Waals surface area (Å²) < 4.78 is 13.4. The normalized spacial score (nSPS) is 22.0. The van der Waals surface area contributed by atoms with Gasteiger partial charge in [0.1, 0.15) is 17.6 Å². The van der Waals surface area contributed by atoms with Crippen LogP contribution in [-0.4, -0.2) is 28.3 Å². The van der Waals surface area contributed by atoms with Crippen molar-refractivity contribution in [2.24, 2.45) is 7.05 Å². The van der Waals surface area contributed by atoms with E-state index in [1.54, 1.807) is 6.26 Å². The first-order valence-corrected chi connectivity index (χ1v) is 7.14. The Morgan fingerprint density at radius 2 is 2.40 bits per heavy atom. The highest BCUT2D eigenvalue weighted by Gasteiger charge is 2.28. The van der Waals surface area contributed by atoms with Crippen LogP contribution in [0.2, 0.25) is 0 Å². The first-order valence-electron chi connectivity index (χ1n) is 7.14. The van der Waals surface area contributed by atoms with Gasteiger partial charge in [0.15, 0.2) is 0 Å². The molecule has 0 saturated carbocycles. The van der Waals surface area contributed by atoms with Crippen LogP contribution in [0.1, 0.15) is 37.4 Å². The van der Waals surface area contributed by atoms with Gasteiger partial charge < -0.3 is 13.7 Å². The Labute approximate surface area is 118 Å². The van der Waals surface area contributed by atoms with E-state index in [0.717, 1.165) is 31.0 Å². The van der Waals surface area contributed by atoms with Crippen LogP contribution < -0.4 is 5.32 Å². The van der Waals surface area contributed by atoms with E-state index in [9.17, 15) is 0 Å². The Morgan fingerprint density at radius 3 is 3.00 bits per heavy atom. The van der Waals surface area contributed by atoms with Gasteiger partial charge in [-0.3, -0.25) is 5.32 Å². The molecule has 108 valence electrons. The molecule has 1 fully saturated rings. The zero-order valence-corrected chi connectivity index (χ0v) is 12.0. The molecule has 0 radical (unpaired) electrons. The molecule has 1 aliphatic heterocycles. The molecule has 20 heavy (non-hydrogen) atoms. The first kappa shape index (κ1) is 13.4. The minimum Gasteiger partial charge on any atom is -0.467 e. The third-order valence-electron chi connectivity index (χ3n) is 3.90. The van der Waals surface area contributed by atoms with Gasteiger partial charge in [-0.05, 0) is 31.9 Å². The first-order chi connectivity index (χ1) is 9.75. The summed E-state index contributed by atoms with van der Waals surface area (Å²) in [5, 5.41) is 3.60. The summed E-state index contributed by atoms with van der Waals surface area (Å²) in [6.45, 7) is 3.03. The van der Waals surface area contributed by atoms with Gasteiger partial charge in [0.05, 0.1) is 12.4 Å². The smallest absolute Gasteiger partial charge is 0.133 e. The number of furan rings is 1. The highest BCUT2D eigenvalue weighted by molar-refractivity contribution is 5.16. The van der Waals surface area contributed by atoms with Crippen molar-refractivity contribution in [3.8, 4) is 0 Å². The lowest BCUT2D eigenvalue weighted by Crippen LogP contribution is -2.40. The zero-order valence-electron chi connectivity index (χ0n) is 12.0. The number of aryl methyl sites for hydroxylation is 1. The zero-order chi connectivity index (χ0) is 13.9. The summed E-state index contributed by atoms with van der Waals surface area (Å²) >= 11 is 0.